The second kappa shape index (κ2) is 24.1. The van der Waals surface area contributed by atoms with Crippen LogP contribution in [-0.2, 0) is 16.2 Å². The summed E-state index contributed by atoms with van der Waals surface area (Å²) < 4.78 is 13.2. The lowest BCUT2D eigenvalue weighted by Gasteiger charge is -2.21. The molecule has 3 aliphatic carbocycles. The van der Waals surface area contributed by atoms with Crippen LogP contribution in [0.5, 0.6) is 0 Å². The highest BCUT2D eigenvalue weighted by atomic mass is 16.3. The first-order valence-corrected chi connectivity index (χ1v) is 37.2. The highest BCUT2D eigenvalue weighted by Crippen LogP contribution is 2.54. The molecule has 0 saturated heterocycles. The molecule has 9 aromatic carbocycles. The van der Waals surface area contributed by atoms with Gasteiger partial charge in [0, 0.05) is 97.2 Å². The van der Waals surface area contributed by atoms with Crippen LogP contribution in [0.1, 0.15) is 74.9 Å². The number of aromatic nitrogens is 10. The molecule has 0 atom stereocenters. The third kappa shape index (κ3) is 9.72. The lowest BCUT2D eigenvalue weighted by atomic mass is 9.82. The Hall–Kier alpha value is -13.8. The summed E-state index contributed by atoms with van der Waals surface area (Å²) in [6, 6.07) is 98.5. The van der Waals surface area contributed by atoms with Gasteiger partial charge < -0.3 is 8.98 Å². The van der Waals surface area contributed by atoms with E-state index in [1.165, 1.54) is 77.7 Å². The molecule has 0 amide bonds. The van der Waals surface area contributed by atoms with E-state index >= 15 is 0 Å². The number of pyridine rings is 7. The lowest BCUT2D eigenvalue weighted by Crippen LogP contribution is -2.14. The molecule has 0 unspecified atom stereocenters. The van der Waals surface area contributed by atoms with Crippen LogP contribution in [0.15, 0.2) is 321 Å². The van der Waals surface area contributed by atoms with E-state index in [0.29, 0.717) is 0 Å². The average molecular weight is 1400 g/mol. The number of hydrogen-bond donors (Lipinski definition) is 0. The van der Waals surface area contributed by atoms with Crippen LogP contribution in [-0.4, -0.2) is 48.6 Å². The van der Waals surface area contributed by atoms with Crippen LogP contribution < -0.4 is 0 Å². The van der Waals surface area contributed by atoms with Crippen molar-refractivity contribution in [1.29, 1.82) is 0 Å². The molecule has 109 heavy (non-hydrogen) atoms. The van der Waals surface area contributed by atoms with Crippen LogP contribution in [0.2, 0.25) is 0 Å². The third-order valence-electron chi connectivity index (χ3n) is 23.3. The minimum absolute atomic E-state index is 0.0529. The Morgan fingerprint density at radius 1 is 0.275 bits per heavy atom. The summed E-state index contributed by atoms with van der Waals surface area (Å²) in [7, 11) is 0. The van der Waals surface area contributed by atoms with Gasteiger partial charge in [-0.05, 0) is 212 Å². The van der Waals surface area contributed by atoms with Crippen molar-refractivity contribution in [3.63, 3.8) is 0 Å². The predicted octanol–water partition coefficient (Wildman–Crippen LogP) is 23.9. The first-order valence-electron chi connectivity index (χ1n) is 37.2. The van der Waals surface area contributed by atoms with Gasteiger partial charge in [-0.1, -0.05) is 181 Å². The van der Waals surface area contributed by atoms with Gasteiger partial charge in [0.15, 0.2) is 0 Å². The molecule has 23 rings (SSSR count). The minimum Gasteiger partial charge on any atom is -0.455 e. The monoisotopic (exact) mass is 1400 g/mol. The fourth-order valence-electron chi connectivity index (χ4n) is 18.0. The topological polar surface area (TPSA) is 118 Å². The number of hydrogen-bond acceptors (Lipinski definition) is 8. The van der Waals surface area contributed by atoms with Gasteiger partial charge >= 0.3 is 0 Å². The molecule has 0 fully saturated rings. The molecule has 11 aromatic heterocycles. The number of furan rings is 1. The minimum atomic E-state index is -0.0551. The molecule has 0 bridgehead atoms. The zero-order chi connectivity index (χ0) is 73.0. The number of nitrogens with zero attached hydrogens (tertiary/aromatic N) is 10. The van der Waals surface area contributed by atoms with E-state index in [2.05, 4.69) is 265 Å². The van der Waals surface area contributed by atoms with Crippen molar-refractivity contribution in [3.05, 3.63) is 350 Å². The molecule has 11 heterocycles. The van der Waals surface area contributed by atoms with Crippen molar-refractivity contribution in [2.75, 3.05) is 0 Å². The molecular formula is C98H70N10O. The predicted molar refractivity (Wildman–Crippen MR) is 443 cm³/mol. The Morgan fingerprint density at radius 2 is 0.706 bits per heavy atom. The first-order chi connectivity index (χ1) is 53.3. The third-order valence-corrected chi connectivity index (χ3v) is 23.3. The summed E-state index contributed by atoms with van der Waals surface area (Å²) in [4.78, 5) is 33.3. The van der Waals surface area contributed by atoms with Gasteiger partial charge in [0.1, 0.15) is 22.8 Å². The molecule has 0 aliphatic heterocycles. The molecule has 0 radical (unpaired) electrons. The Kier molecular flexibility index (Phi) is 14.1. The molecule has 0 saturated carbocycles. The second-order valence-electron chi connectivity index (χ2n) is 30.4. The Balaban J connectivity index is 0.000000105. The quantitative estimate of drug-likeness (QED) is 0.162. The number of benzene rings is 9. The fourth-order valence-corrected chi connectivity index (χ4v) is 18.0. The van der Waals surface area contributed by atoms with E-state index in [-0.39, 0.29) is 16.2 Å². The van der Waals surface area contributed by atoms with Crippen LogP contribution in [0.3, 0.4) is 0 Å². The SMILES string of the molecule is CC1(C)c2ccccc2-c2cc3c(cc21)c1ncccc1n3-c1ccc(-c2cccc3c2oc2ccccc23)cc1.CC1(C)c2ccccc2-c2cc3c(cc21)c1ncccc1n3-c1cccc(-c2ccccn2)n1.CC1(C)c2ccccc2-c2cc3c(cc21)c1ncccc1n3-c1cccc(-c2cccnc2)n1. The molecule has 20 aromatic rings. The Morgan fingerprint density at radius 3 is 1.23 bits per heavy atom. The van der Waals surface area contributed by atoms with Crippen molar-refractivity contribution in [2.24, 2.45) is 0 Å². The van der Waals surface area contributed by atoms with Crippen LogP contribution >= 0.6 is 0 Å². The van der Waals surface area contributed by atoms with E-state index in [1.807, 2.05) is 104 Å². The fraction of sp³-hybridized carbons (Fsp3) is 0.0918. The number of rotatable bonds is 6. The molecule has 11 heteroatoms. The van der Waals surface area contributed by atoms with Gasteiger partial charge in [-0.15, -0.1) is 0 Å². The maximum Gasteiger partial charge on any atom is 0.143 e. The van der Waals surface area contributed by atoms with E-state index in [0.717, 1.165) is 128 Å². The summed E-state index contributed by atoms with van der Waals surface area (Å²) in [5, 5.41) is 5.80. The molecular weight excluding hydrogens is 1330 g/mol. The van der Waals surface area contributed by atoms with Gasteiger partial charge in [-0.3, -0.25) is 34.1 Å². The first kappa shape index (κ1) is 63.7. The van der Waals surface area contributed by atoms with Gasteiger partial charge in [0.05, 0.1) is 66.7 Å². The van der Waals surface area contributed by atoms with Crippen LogP contribution in [0.25, 0.3) is 172 Å². The van der Waals surface area contributed by atoms with Crippen molar-refractivity contribution in [2.45, 2.75) is 57.8 Å². The van der Waals surface area contributed by atoms with E-state index in [1.54, 1.807) is 12.4 Å². The van der Waals surface area contributed by atoms with Gasteiger partial charge in [0.2, 0.25) is 0 Å². The van der Waals surface area contributed by atoms with E-state index in [4.69, 9.17) is 29.3 Å². The smallest absolute Gasteiger partial charge is 0.143 e. The van der Waals surface area contributed by atoms with Gasteiger partial charge in [0.25, 0.3) is 0 Å². The van der Waals surface area contributed by atoms with Crippen molar-refractivity contribution in [1.82, 2.24) is 48.6 Å². The van der Waals surface area contributed by atoms with E-state index in [9.17, 15) is 0 Å². The van der Waals surface area contributed by atoms with Crippen molar-refractivity contribution in [3.8, 4) is 84.5 Å². The summed E-state index contributed by atoms with van der Waals surface area (Å²) in [5.41, 5.74) is 34.4. The largest absolute Gasteiger partial charge is 0.455 e. The van der Waals surface area contributed by atoms with Gasteiger partial charge in [-0.2, -0.15) is 0 Å². The summed E-state index contributed by atoms with van der Waals surface area (Å²) >= 11 is 0. The van der Waals surface area contributed by atoms with Gasteiger partial charge in [-0.25, -0.2) is 9.97 Å². The standard InChI is InChI=1S/C38H26N2O.2C30H22N4/c1-38(2)31-13-5-3-9-26(31)29-22-34-30(21-32(29)38)36-33(14-8-20-39-36)40(34)24-18-16-23(17-19-24)25-11-7-12-28-27-10-4-6-15-35(27)41-37(25)28;1-30(2)23-10-4-3-9-20(23)21-17-27-22(16-24(21)30)29-26(12-7-15-32-29)34(27)28-13-5-11-25(33-28)19-8-6-14-31-18-19;1-30(2)22-10-4-3-9-19(22)20-18-27-21(17-23(20)30)29-26(13-8-16-32-29)34(27)28-14-7-12-25(33-28)24-11-5-6-15-31-24/h3-22H,1-2H3;2*3-18H,1-2H3. The normalized spacial score (nSPS) is 13.8. The number of fused-ring (bicyclic) bond motifs is 21. The Labute approximate surface area is 628 Å². The summed E-state index contributed by atoms with van der Waals surface area (Å²) in [6.07, 6.45) is 11.1. The van der Waals surface area contributed by atoms with Crippen LogP contribution in [0.4, 0.5) is 0 Å². The second-order valence-corrected chi connectivity index (χ2v) is 30.4. The molecule has 3 aliphatic rings. The highest BCUT2D eigenvalue weighted by Gasteiger charge is 2.39. The molecule has 0 N–H and O–H groups in total. The summed E-state index contributed by atoms with van der Waals surface area (Å²) in [6.45, 7) is 13.9. The molecule has 518 valence electrons. The van der Waals surface area contributed by atoms with E-state index < -0.39 is 0 Å². The Bertz CT molecular complexity index is 6880. The zero-order valence-corrected chi connectivity index (χ0v) is 60.9. The number of para-hydroxylation sites is 2. The average Bonchev–Trinajstić information content (AvgIpc) is 1.56. The highest BCUT2D eigenvalue weighted by molar-refractivity contribution is 6.13. The van der Waals surface area contributed by atoms with Crippen molar-refractivity contribution < 1.29 is 4.42 Å². The van der Waals surface area contributed by atoms with Crippen LogP contribution in [0, 0.1) is 0 Å². The maximum atomic E-state index is 6.33. The maximum absolute atomic E-state index is 6.33. The summed E-state index contributed by atoms with van der Waals surface area (Å²) in [5.74, 6) is 1.74. The molecule has 11 nitrogen and oxygen atoms in total. The lowest BCUT2D eigenvalue weighted by molar-refractivity contribution is 0.661. The molecule has 0 spiro atoms. The zero-order valence-electron chi connectivity index (χ0n) is 60.9. The van der Waals surface area contributed by atoms with Crippen molar-refractivity contribution >= 4 is 87.7 Å².